The average Bonchev–Trinajstić information content (AvgIpc) is 2.51. The van der Waals surface area contributed by atoms with E-state index in [4.69, 9.17) is 4.74 Å². The zero-order valence-corrected chi connectivity index (χ0v) is 11.7. The number of rotatable bonds is 3. The average molecular weight is 289 g/mol. The fourth-order valence-corrected chi connectivity index (χ4v) is 2.51. The molecule has 21 heavy (non-hydrogen) atoms. The Morgan fingerprint density at radius 1 is 1.48 bits per heavy atom. The first-order valence-corrected chi connectivity index (χ1v) is 6.79. The van der Waals surface area contributed by atoms with Crippen molar-refractivity contribution in [2.24, 2.45) is 0 Å². The van der Waals surface area contributed by atoms with Crippen molar-refractivity contribution in [3.8, 4) is 5.75 Å². The number of fused-ring (bicyclic) bond motifs is 1. The minimum atomic E-state index is -0.432. The van der Waals surface area contributed by atoms with Gasteiger partial charge in [-0.25, -0.2) is 9.37 Å². The molecule has 1 aliphatic rings. The lowest BCUT2D eigenvalue weighted by Crippen LogP contribution is -2.34. The zero-order valence-electron chi connectivity index (χ0n) is 11.7. The van der Waals surface area contributed by atoms with Crippen LogP contribution in [0.2, 0.25) is 0 Å². The molecule has 2 aromatic rings. The van der Waals surface area contributed by atoms with Gasteiger partial charge < -0.3 is 10.1 Å². The molecule has 1 aliphatic heterocycles. The zero-order chi connectivity index (χ0) is 14.8. The first kappa shape index (κ1) is 13.8. The van der Waals surface area contributed by atoms with E-state index in [1.165, 1.54) is 24.1 Å². The van der Waals surface area contributed by atoms with Crippen LogP contribution in [0.4, 0.5) is 4.39 Å². The fourth-order valence-electron chi connectivity index (χ4n) is 2.51. The summed E-state index contributed by atoms with van der Waals surface area (Å²) in [5.41, 5.74) is 2.22. The van der Waals surface area contributed by atoms with Gasteiger partial charge in [0.1, 0.15) is 0 Å². The monoisotopic (exact) mass is 289 g/mol. The van der Waals surface area contributed by atoms with E-state index in [9.17, 15) is 9.18 Å². The highest BCUT2D eigenvalue weighted by Gasteiger charge is 2.15. The molecule has 0 radical (unpaired) electrons. The van der Waals surface area contributed by atoms with Crippen LogP contribution in [0, 0.1) is 5.82 Å². The van der Waals surface area contributed by atoms with Gasteiger partial charge in [-0.2, -0.15) is 0 Å². The molecular formula is C15H16FN3O2. The van der Waals surface area contributed by atoms with Crippen molar-refractivity contribution in [1.82, 2.24) is 14.9 Å². The molecule has 0 spiro atoms. The number of benzene rings is 1. The van der Waals surface area contributed by atoms with E-state index < -0.39 is 5.82 Å². The maximum Gasteiger partial charge on any atom is 0.257 e. The Balaban J connectivity index is 1.92. The van der Waals surface area contributed by atoms with E-state index in [-0.39, 0.29) is 11.3 Å². The van der Waals surface area contributed by atoms with Crippen molar-refractivity contribution >= 4 is 0 Å². The van der Waals surface area contributed by atoms with Crippen LogP contribution >= 0.6 is 0 Å². The summed E-state index contributed by atoms with van der Waals surface area (Å²) in [6.45, 7) is 1.71. The first-order chi connectivity index (χ1) is 10.2. The molecule has 0 saturated heterocycles. The van der Waals surface area contributed by atoms with E-state index in [1.54, 1.807) is 12.1 Å². The maximum absolute atomic E-state index is 13.7. The number of methoxy groups -OCH3 is 1. The molecule has 1 aromatic carbocycles. The Bertz CT molecular complexity index is 727. The van der Waals surface area contributed by atoms with E-state index in [0.717, 1.165) is 17.8 Å². The van der Waals surface area contributed by atoms with Crippen LogP contribution in [0.3, 0.4) is 0 Å². The molecule has 6 heteroatoms. The second kappa shape index (κ2) is 5.65. The van der Waals surface area contributed by atoms with Crippen molar-refractivity contribution in [3.05, 3.63) is 57.5 Å². The second-order valence-electron chi connectivity index (χ2n) is 5.00. The van der Waals surface area contributed by atoms with Crippen LogP contribution in [0.25, 0.3) is 0 Å². The van der Waals surface area contributed by atoms with E-state index in [0.29, 0.717) is 25.1 Å². The van der Waals surface area contributed by atoms with E-state index in [2.05, 4.69) is 10.3 Å². The summed E-state index contributed by atoms with van der Waals surface area (Å²) in [6.07, 6.45) is 2.20. The molecule has 1 N–H and O–H groups in total. The van der Waals surface area contributed by atoms with Gasteiger partial charge in [-0.1, -0.05) is 6.07 Å². The number of nitrogens with one attached hydrogen (secondary N) is 1. The molecule has 2 heterocycles. The Morgan fingerprint density at radius 3 is 3.10 bits per heavy atom. The topological polar surface area (TPSA) is 56.2 Å². The predicted octanol–water partition coefficient (Wildman–Crippen LogP) is 1.08. The lowest BCUT2D eigenvalue weighted by Gasteiger charge is -2.17. The molecule has 0 saturated carbocycles. The second-order valence-corrected chi connectivity index (χ2v) is 5.00. The summed E-state index contributed by atoms with van der Waals surface area (Å²) in [4.78, 5) is 16.7. The van der Waals surface area contributed by atoms with Gasteiger partial charge in [0, 0.05) is 12.1 Å². The Kier molecular flexibility index (Phi) is 3.70. The van der Waals surface area contributed by atoms with Crippen molar-refractivity contribution in [3.63, 3.8) is 0 Å². The van der Waals surface area contributed by atoms with Crippen molar-refractivity contribution in [2.45, 2.75) is 19.5 Å². The minimum Gasteiger partial charge on any atom is -0.494 e. The highest BCUT2D eigenvalue weighted by atomic mass is 19.1. The van der Waals surface area contributed by atoms with Gasteiger partial charge in [0.15, 0.2) is 11.6 Å². The standard InChI is InChI=1S/C15H16FN3O2/c1-21-14-3-2-10(6-12(14)16)8-19-9-18-13-7-17-5-4-11(13)15(19)20/h2-3,6,9,17H,4-5,7-8H2,1H3. The summed E-state index contributed by atoms with van der Waals surface area (Å²) in [7, 11) is 1.42. The lowest BCUT2D eigenvalue weighted by atomic mass is 10.1. The summed E-state index contributed by atoms with van der Waals surface area (Å²) in [5, 5.41) is 3.18. The molecule has 0 amide bonds. The van der Waals surface area contributed by atoms with Crippen molar-refractivity contribution in [1.29, 1.82) is 0 Å². The van der Waals surface area contributed by atoms with Crippen LogP contribution in [-0.4, -0.2) is 23.2 Å². The van der Waals surface area contributed by atoms with Crippen molar-refractivity contribution in [2.75, 3.05) is 13.7 Å². The smallest absolute Gasteiger partial charge is 0.257 e. The van der Waals surface area contributed by atoms with Crippen molar-refractivity contribution < 1.29 is 9.13 Å². The number of hydrogen-bond donors (Lipinski definition) is 1. The molecule has 0 atom stereocenters. The summed E-state index contributed by atoms with van der Waals surface area (Å²) < 4.78 is 20.1. The van der Waals surface area contributed by atoms with E-state index in [1.807, 2.05) is 0 Å². The lowest BCUT2D eigenvalue weighted by molar-refractivity contribution is 0.386. The first-order valence-electron chi connectivity index (χ1n) is 6.79. The highest BCUT2D eigenvalue weighted by Crippen LogP contribution is 2.18. The molecule has 1 aromatic heterocycles. The van der Waals surface area contributed by atoms with Crippen LogP contribution < -0.4 is 15.6 Å². The summed E-state index contributed by atoms with van der Waals surface area (Å²) >= 11 is 0. The number of nitrogens with zero attached hydrogens (tertiary/aromatic N) is 2. The van der Waals surface area contributed by atoms with Gasteiger partial charge in [0.25, 0.3) is 5.56 Å². The largest absolute Gasteiger partial charge is 0.494 e. The third-order valence-electron chi connectivity index (χ3n) is 3.63. The van der Waals surface area contributed by atoms with Crippen LogP contribution in [-0.2, 0) is 19.5 Å². The Labute approximate surface area is 121 Å². The van der Waals surface area contributed by atoms with Crippen LogP contribution in [0.15, 0.2) is 29.3 Å². The minimum absolute atomic E-state index is 0.0438. The van der Waals surface area contributed by atoms with Gasteiger partial charge in [0.2, 0.25) is 0 Å². The molecular weight excluding hydrogens is 273 g/mol. The number of hydrogen-bond acceptors (Lipinski definition) is 4. The maximum atomic E-state index is 13.7. The molecule has 0 unspecified atom stereocenters. The summed E-state index contributed by atoms with van der Waals surface area (Å²) in [6, 6.07) is 4.69. The number of halogens is 1. The van der Waals surface area contributed by atoms with Gasteiger partial charge in [-0.3, -0.25) is 9.36 Å². The third-order valence-corrected chi connectivity index (χ3v) is 3.63. The number of aromatic nitrogens is 2. The highest BCUT2D eigenvalue weighted by molar-refractivity contribution is 5.29. The molecule has 0 bridgehead atoms. The SMILES string of the molecule is COc1ccc(Cn2cnc3c(c2=O)CCNC3)cc1F. The predicted molar refractivity (Wildman–Crippen MR) is 76.0 cm³/mol. The molecule has 110 valence electrons. The molecule has 0 aliphatic carbocycles. The molecule has 5 nitrogen and oxygen atoms in total. The van der Waals surface area contributed by atoms with Crippen LogP contribution in [0.5, 0.6) is 5.75 Å². The van der Waals surface area contributed by atoms with Crippen LogP contribution in [0.1, 0.15) is 16.8 Å². The Morgan fingerprint density at radius 2 is 2.33 bits per heavy atom. The third kappa shape index (κ3) is 2.67. The molecule has 3 rings (SSSR count). The summed E-state index contributed by atoms with van der Waals surface area (Å²) in [5.74, 6) is -0.237. The normalized spacial score (nSPS) is 13.8. The fraction of sp³-hybridized carbons (Fsp3) is 0.333. The van der Waals surface area contributed by atoms with Gasteiger partial charge >= 0.3 is 0 Å². The molecule has 0 fully saturated rings. The van der Waals surface area contributed by atoms with Gasteiger partial charge in [-0.15, -0.1) is 0 Å². The van der Waals surface area contributed by atoms with Gasteiger partial charge in [-0.05, 0) is 30.7 Å². The number of ether oxygens (including phenoxy) is 1. The Hall–Kier alpha value is -2.21. The van der Waals surface area contributed by atoms with E-state index >= 15 is 0 Å². The quantitative estimate of drug-likeness (QED) is 0.919. The van der Waals surface area contributed by atoms with Gasteiger partial charge in [0.05, 0.1) is 25.7 Å².